The summed E-state index contributed by atoms with van der Waals surface area (Å²) in [4.78, 5) is 4.36. The Bertz CT molecular complexity index is 545. The number of piperidine rings is 1. The SMILES string of the molecule is CC1(Oc2ccc(-c3ccccn3)cc2)CCNCC1. The first-order chi connectivity index (χ1) is 9.75. The summed E-state index contributed by atoms with van der Waals surface area (Å²) in [6.07, 6.45) is 3.92. The molecule has 0 radical (unpaired) electrons. The van der Waals surface area contributed by atoms with Crippen molar-refractivity contribution in [3.8, 4) is 17.0 Å². The van der Waals surface area contributed by atoms with Crippen molar-refractivity contribution in [3.63, 3.8) is 0 Å². The van der Waals surface area contributed by atoms with Crippen LogP contribution in [0.5, 0.6) is 5.75 Å². The second kappa shape index (κ2) is 5.63. The minimum Gasteiger partial charge on any atom is -0.487 e. The monoisotopic (exact) mass is 268 g/mol. The van der Waals surface area contributed by atoms with E-state index in [1.807, 2.05) is 36.5 Å². The molecule has 1 aliphatic heterocycles. The van der Waals surface area contributed by atoms with Crippen molar-refractivity contribution in [2.45, 2.75) is 25.4 Å². The van der Waals surface area contributed by atoms with Crippen LogP contribution in [0.3, 0.4) is 0 Å². The average molecular weight is 268 g/mol. The fraction of sp³-hybridized carbons (Fsp3) is 0.353. The topological polar surface area (TPSA) is 34.1 Å². The Hall–Kier alpha value is -1.87. The molecular formula is C17H20N2O. The van der Waals surface area contributed by atoms with Crippen LogP contribution in [0.25, 0.3) is 11.3 Å². The van der Waals surface area contributed by atoms with Gasteiger partial charge in [-0.25, -0.2) is 0 Å². The van der Waals surface area contributed by atoms with Gasteiger partial charge in [0.1, 0.15) is 11.4 Å². The molecule has 1 fully saturated rings. The van der Waals surface area contributed by atoms with E-state index in [0.29, 0.717) is 0 Å². The molecule has 0 bridgehead atoms. The van der Waals surface area contributed by atoms with Crippen LogP contribution in [0.4, 0.5) is 0 Å². The third kappa shape index (κ3) is 2.99. The van der Waals surface area contributed by atoms with Gasteiger partial charge in [-0.3, -0.25) is 4.98 Å². The van der Waals surface area contributed by atoms with E-state index in [9.17, 15) is 0 Å². The van der Waals surface area contributed by atoms with Crippen molar-refractivity contribution < 1.29 is 4.74 Å². The summed E-state index contributed by atoms with van der Waals surface area (Å²) in [5, 5.41) is 3.37. The molecule has 1 N–H and O–H groups in total. The lowest BCUT2D eigenvalue weighted by molar-refractivity contribution is 0.0556. The summed E-state index contributed by atoms with van der Waals surface area (Å²) in [5.41, 5.74) is 2.07. The first-order valence-corrected chi connectivity index (χ1v) is 7.16. The van der Waals surface area contributed by atoms with Crippen molar-refractivity contribution in [1.29, 1.82) is 0 Å². The molecule has 2 heterocycles. The molecule has 1 aliphatic rings. The Morgan fingerprint density at radius 1 is 1.05 bits per heavy atom. The predicted octanol–water partition coefficient (Wildman–Crippen LogP) is 3.27. The van der Waals surface area contributed by atoms with Crippen LogP contribution < -0.4 is 10.1 Å². The zero-order valence-electron chi connectivity index (χ0n) is 11.8. The second-order valence-corrected chi connectivity index (χ2v) is 5.54. The number of nitrogens with one attached hydrogen (secondary N) is 1. The third-order valence-electron chi connectivity index (χ3n) is 3.84. The molecule has 3 heteroatoms. The Kier molecular flexibility index (Phi) is 3.70. The Balaban J connectivity index is 1.73. The van der Waals surface area contributed by atoms with Gasteiger partial charge in [-0.05, 0) is 69.3 Å². The minimum atomic E-state index is -0.0439. The Labute approximate surface area is 120 Å². The molecule has 0 aliphatic carbocycles. The van der Waals surface area contributed by atoms with E-state index >= 15 is 0 Å². The van der Waals surface area contributed by atoms with Crippen LogP contribution in [-0.4, -0.2) is 23.7 Å². The number of hydrogen-bond donors (Lipinski definition) is 1. The van der Waals surface area contributed by atoms with Gasteiger partial charge >= 0.3 is 0 Å². The zero-order valence-corrected chi connectivity index (χ0v) is 11.8. The molecule has 0 spiro atoms. The van der Waals surface area contributed by atoms with E-state index in [1.54, 1.807) is 0 Å². The van der Waals surface area contributed by atoms with E-state index in [4.69, 9.17) is 4.74 Å². The highest BCUT2D eigenvalue weighted by molar-refractivity contribution is 5.59. The number of aromatic nitrogens is 1. The number of rotatable bonds is 3. The first kappa shape index (κ1) is 13.1. The number of hydrogen-bond acceptors (Lipinski definition) is 3. The summed E-state index contributed by atoms with van der Waals surface area (Å²) in [5.74, 6) is 0.939. The predicted molar refractivity (Wildman–Crippen MR) is 80.8 cm³/mol. The van der Waals surface area contributed by atoms with Crippen molar-refractivity contribution >= 4 is 0 Å². The quantitative estimate of drug-likeness (QED) is 0.927. The first-order valence-electron chi connectivity index (χ1n) is 7.16. The van der Waals surface area contributed by atoms with Gasteiger partial charge in [0, 0.05) is 11.8 Å². The van der Waals surface area contributed by atoms with E-state index in [1.165, 1.54) is 0 Å². The van der Waals surface area contributed by atoms with Crippen LogP contribution >= 0.6 is 0 Å². The van der Waals surface area contributed by atoms with Crippen LogP contribution in [0.2, 0.25) is 0 Å². The van der Waals surface area contributed by atoms with Crippen LogP contribution in [0.15, 0.2) is 48.7 Å². The minimum absolute atomic E-state index is 0.0439. The van der Waals surface area contributed by atoms with Crippen molar-refractivity contribution in [3.05, 3.63) is 48.7 Å². The normalized spacial score (nSPS) is 17.6. The summed E-state index contributed by atoms with van der Waals surface area (Å²) in [7, 11) is 0. The smallest absolute Gasteiger partial charge is 0.120 e. The zero-order chi connectivity index (χ0) is 13.8. The molecule has 104 valence electrons. The number of ether oxygens (including phenoxy) is 1. The Morgan fingerprint density at radius 3 is 2.45 bits per heavy atom. The number of nitrogens with zero attached hydrogens (tertiary/aromatic N) is 1. The fourth-order valence-corrected chi connectivity index (χ4v) is 2.57. The molecular weight excluding hydrogens is 248 g/mol. The lowest BCUT2D eigenvalue weighted by atomic mass is 9.94. The molecule has 3 rings (SSSR count). The maximum atomic E-state index is 6.17. The van der Waals surface area contributed by atoms with Gasteiger partial charge in [0.2, 0.25) is 0 Å². The highest BCUT2D eigenvalue weighted by atomic mass is 16.5. The molecule has 20 heavy (non-hydrogen) atoms. The van der Waals surface area contributed by atoms with E-state index in [-0.39, 0.29) is 5.60 Å². The highest BCUT2D eigenvalue weighted by Gasteiger charge is 2.28. The van der Waals surface area contributed by atoms with Crippen LogP contribution in [0.1, 0.15) is 19.8 Å². The molecule has 1 aromatic heterocycles. The molecule has 0 unspecified atom stereocenters. The standard InChI is InChI=1S/C17H20N2O/c1-17(9-12-18-13-10-17)20-15-7-5-14(6-8-15)16-4-2-3-11-19-16/h2-8,11,18H,9-10,12-13H2,1H3. The number of benzene rings is 1. The summed E-state index contributed by atoms with van der Waals surface area (Å²) < 4.78 is 6.17. The summed E-state index contributed by atoms with van der Waals surface area (Å²) in [6, 6.07) is 14.2. The summed E-state index contributed by atoms with van der Waals surface area (Å²) in [6.45, 7) is 4.26. The maximum absolute atomic E-state index is 6.17. The second-order valence-electron chi connectivity index (χ2n) is 5.54. The van der Waals surface area contributed by atoms with Gasteiger partial charge in [0.25, 0.3) is 0 Å². The van der Waals surface area contributed by atoms with E-state index in [0.717, 1.165) is 42.9 Å². The molecule has 2 aromatic rings. The largest absolute Gasteiger partial charge is 0.487 e. The molecule has 3 nitrogen and oxygen atoms in total. The molecule has 0 saturated carbocycles. The molecule has 1 aromatic carbocycles. The molecule has 1 saturated heterocycles. The molecule has 0 amide bonds. The van der Waals surface area contributed by atoms with E-state index in [2.05, 4.69) is 29.4 Å². The van der Waals surface area contributed by atoms with Crippen LogP contribution in [0, 0.1) is 0 Å². The van der Waals surface area contributed by atoms with Crippen molar-refractivity contribution in [1.82, 2.24) is 10.3 Å². The third-order valence-corrected chi connectivity index (χ3v) is 3.84. The van der Waals surface area contributed by atoms with Gasteiger partial charge in [0.05, 0.1) is 5.69 Å². The lowest BCUT2D eigenvalue weighted by Crippen LogP contribution is -2.43. The fourth-order valence-electron chi connectivity index (χ4n) is 2.57. The lowest BCUT2D eigenvalue weighted by Gasteiger charge is -2.34. The Morgan fingerprint density at radius 2 is 1.80 bits per heavy atom. The van der Waals surface area contributed by atoms with Gasteiger partial charge in [0.15, 0.2) is 0 Å². The highest BCUT2D eigenvalue weighted by Crippen LogP contribution is 2.27. The summed E-state index contributed by atoms with van der Waals surface area (Å²) >= 11 is 0. The molecule has 0 atom stereocenters. The van der Waals surface area contributed by atoms with Gasteiger partial charge in [-0.1, -0.05) is 6.07 Å². The van der Waals surface area contributed by atoms with Crippen LogP contribution in [-0.2, 0) is 0 Å². The number of pyridine rings is 1. The van der Waals surface area contributed by atoms with Gasteiger partial charge in [-0.15, -0.1) is 0 Å². The van der Waals surface area contributed by atoms with E-state index < -0.39 is 0 Å². The van der Waals surface area contributed by atoms with Gasteiger partial charge < -0.3 is 10.1 Å². The maximum Gasteiger partial charge on any atom is 0.120 e. The van der Waals surface area contributed by atoms with Crippen molar-refractivity contribution in [2.75, 3.05) is 13.1 Å². The van der Waals surface area contributed by atoms with Gasteiger partial charge in [-0.2, -0.15) is 0 Å². The average Bonchev–Trinajstić information content (AvgIpc) is 2.49. The van der Waals surface area contributed by atoms with Crippen molar-refractivity contribution in [2.24, 2.45) is 0 Å².